The lowest BCUT2D eigenvalue weighted by Gasteiger charge is -2.34. The summed E-state index contributed by atoms with van der Waals surface area (Å²) < 4.78 is 51.6. The minimum absolute atomic E-state index is 0.0109. The van der Waals surface area contributed by atoms with Crippen LogP contribution in [-0.2, 0) is 30.8 Å². The second kappa shape index (κ2) is 14.4. The van der Waals surface area contributed by atoms with Crippen LogP contribution >= 0.6 is 11.3 Å². The van der Waals surface area contributed by atoms with E-state index in [-0.39, 0.29) is 28.5 Å². The van der Waals surface area contributed by atoms with Gasteiger partial charge in [0.2, 0.25) is 10.0 Å². The second-order valence-electron chi connectivity index (χ2n) is 10.7. The molecule has 0 aliphatic carbocycles. The number of esters is 1. The van der Waals surface area contributed by atoms with Crippen LogP contribution in [0.15, 0.2) is 70.4 Å². The van der Waals surface area contributed by atoms with Gasteiger partial charge in [0, 0.05) is 6.54 Å². The largest absolute Gasteiger partial charge is 0.493 e. The number of carbonyl (C=O) groups is 2. The SMILES string of the molecule is COc1ccc(CC[C@@H](OC(=O)[C@@H]2CCCCN2S(=O)(=O)c2ccc3[nH]c(=O)sc3c2)c2cccc(OCC(=O)O)c2)cc1OC. The molecule has 0 radical (unpaired) electrons. The number of nitrogens with zero attached hydrogens (tertiary/aromatic N) is 1. The number of piperidine rings is 1. The molecule has 0 unspecified atom stereocenters. The molecule has 2 atom stereocenters. The number of nitrogens with one attached hydrogen (secondary N) is 1. The number of thiazole rings is 1. The summed E-state index contributed by atoms with van der Waals surface area (Å²) in [6.07, 6.45) is 1.47. The van der Waals surface area contributed by atoms with Crippen LogP contribution in [0, 0.1) is 0 Å². The average molecular weight is 671 g/mol. The van der Waals surface area contributed by atoms with Gasteiger partial charge in [-0.1, -0.05) is 29.5 Å². The predicted molar refractivity (Wildman–Crippen MR) is 170 cm³/mol. The number of methoxy groups -OCH3 is 2. The van der Waals surface area contributed by atoms with Crippen molar-refractivity contribution in [1.29, 1.82) is 0 Å². The van der Waals surface area contributed by atoms with Crippen LogP contribution in [0.25, 0.3) is 10.2 Å². The monoisotopic (exact) mass is 670 g/mol. The lowest BCUT2D eigenvalue weighted by Crippen LogP contribution is -2.48. The third kappa shape index (κ3) is 7.52. The fraction of sp³-hybridized carbons (Fsp3) is 0.344. The number of hydrogen-bond acceptors (Lipinski definition) is 10. The van der Waals surface area contributed by atoms with Crippen molar-refractivity contribution in [1.82, 2.24) is 9.29 Å². The Hall–Kier alpha value is -4.40. The van der Waals surface area contributed by atoms with Crippen LogP contribution in [-0.4, -0.2) is 68.2 Å². The number of H-pyrrole nitrogens is 1. The summed E-state index contributed by atoms with van der Waals surface area (Å²) in [7, 11) is -1.03. The first-order chi connectivity index (χ1) is 22.1. The van der Waals surface area contributed by atoms with Gasteiger partial charge in [-0.2, -0.15) is 4.31 Å². The van der Waals surface area contributed by atoms with Gasteiger partial charge >= 0.3 is 16.8 Å². The van der Waals surface area contributed by atoms with E-state index in [9.17, 15) is 22.8 Å². The number of aryl methyl sites for hydroxylation is 1. The maximum Gasteiger partial charge on any atom is 0.341 e. The predicted octanol–water partition coefficient (Wildman–Crippen LogP) is 4.53. The van der Waals surface area contributed by atoms with Gasteiger partial charge in [0.25, 0.3) is 0 Å². The van der Waals surface area contributed by atoms with Crippen LogP contribution in [0.2, 0.25) is 0 Å². The van der Waals surface area contributed by atoms with E-state index >= 15 is 0 Å². The number of carbonyl (C=O) groups excluding carboxylic acids is 1. The van der Waals surface area contributed by atoms with Gasteiger partial charge < -0.3 is 29.0 Å². The summed E-state index contributed by atoms with van der Waals surface area (Å²) in [4.78, 5) is 39.1. The minimum atomic E-state index is -4.11. The number of rotatable bonds is 13. The minimum Gasteiger partial charge on any atom is -0.493 e. The normalized spacial score (nSPS) is 16.1. The Balaban J connectivity index is 1.41. The molecular formula is C32H34N2O10S2. The summed E-state index contributed by atoms with van der Waals surface area (Å²) >= 11 is 0.913. The number of fused-ring (bicyclic) bond motifs is 1. The smallest absolute Gasteiger partial charge is 0.341 e. The number of aliphatic carboxylic acids is 1. The maximum atomic E-state index is 13.9. The van der Waals surface area contributed by atoms with E-state index in [1.165, 1.54) is 23.5 Å². The fourth-order valence-electron chi connectivity index (χ4n) is 5.45. The Morgan fingerprint density at radius 1 is 1.04 bits per heavy atom. The van der Waals surface area contributed by atoms with Gasteiger partial charge in [0.05, 0.1) is 29.3 Å². The molecule has 12 nitrogen and oxygen atoms in total. The Labute approximate surface area is 269 Å². The van der Waals surface area contributed by atoms with Crippen molar-refractivity contribution < 1.29 is 42.1 Å². The summed E-state index contributed by atoms with van der Waals surface area (Å²) in [6, 6.07) is 15.5. The van der Waals surface area contributed by atoms with E-state index in [4.69, 9.17) is 24.1 Å². The number of sulfonamides is 1. The second-order valence-corrected chi connectivity index (χ2v) is 13.6. The van der Waals surface area contributed by atoms with Gasteiger partial charge in [-0.25, -0.2) is 13.2 Å². The number of aromatic amines is 1. The van der Waals surface area contributed by atoms with Crippen molar-refractivity contribution in [3.8, 4) is 17.2 Å². The zero-order chi connectivity index (χ0) is 32.8. The lowest BCUT2D eigenvalue weighted by atomic mass is 10.00. The van der Waals surface area contributed by atoms with Gasteiger partial charge in [-0.05, 0) is 85.7 Å². The number of ether oxygens (including phenoxy) is 4. The summed E-state index contributed by atoms with van der Waals surface area (Å²) in [5.41, 5.74) is 1.99. The van der Waals surface area contributed by atoms with Gasteiger partial charge in [-0.3, -0.25) is 9.59 Å². The third-order valence-corrected chi connectivity index (χ3v) is 10.5. The van der Waals surface area contributed by atoms with Crippen LogP contribution < -0.4 is 19.1 Å². The highest BCUT2D eigenvalue weighted by Gasteiger charge is 2.39. The Kier molecular flexibility index (Phi) is 10.3. The van der Waals surface area contributed by atoms with Gasteiger partial charge in [0.1, 0.15) is 17.9 Å². The molecule has 1 saturated heterocycles. The molecule has 3 aromatic carbocycles. The number of carboxylic acids is 1. The van der Waals surface area contributed by atoms with Crippen molar-refractivity contribution >= 4 is 43.5 Å². The Bertz CT molecular complexity index is 1890. The molecule has 0 saturated carbocycles. The average Bonchev–Trinajstić information content (AvgIpc) is 3.44. The number of hydrogen-bond donors (Lipinski definition) is 2. The molecule has 4 aromatic rings. The highest BCUT2D eigenvalue weighted by molar-refractivity contribution is 7.89. The first kappa shape index (κ1) is 33.0. The van der Waals surface area contributed by atoms with Crippen molar-refractivity contribution in [2.24, 2.45) is 0 Å². The molecule has 0 spiro atoms. The Morgan fingerprint density at radius 2 is 1.85 bits per heavy atom. The molecule has 2 N–H and O–H groups in total. The molecule has 5 rings (SSSR count). The molecule has 1 aliphatic heterocycles. The van der Waals surface area contributed by atoms with Gasteiger partial charge in [-0.15, -0.1) is 0 Å². The fourth-order valence-corrected chi connectivity index (χ4v) is 7.97. The van der Waals surface area contributed by atoms with E-state index in [1.807, 2.05) is 12.1 Å². The molecule has 244 valence electrons. The van der Waals surface area contributed by atoms with Crippen molar-refractivity contribution in [3.63, 3.8) is 0 Å². The molecule has 0 bridgehead atoms. The first-order valence-corrected chi connectivity index (χ1v) is 16.9. The van der Waals surface area contributed by atoms with Crippen molar-refractivity contribution in [2.45, 2.75) is 49.1 Å². The van der Waals surface area contributed by atoms with Crippen LogP contribution in [0.3, 0.4) is 0 Å². The van der Waals surface area contributed by atoms with Crippen molar-refractivity contribution in [3.05, 3.63) is 81.5 Å². The molecule has 2 heterocycles. The van der Waals surface area contributed by atoms with Gasteiger partial charge in [0.15, 0.2) is 18.1 Å². The maximum absolute atomic E-state index is 13.9. The molecule has 1 fully saturated rings. The summed E-state index contributed by atoms with van der Waals surface area (Å²) in [5, 5.41) is 9.05. The quantitative estimate of drug-likeness (QED) is 0.193. The standard InChI is InChI=1S/C32H34N2O10S2/c1-41-27-14-10-20(16-28(27)42-2)9-13-26(21-6-5-7-22(17-21)43-19-30(35)36)44-31(37)25-8-3-4-15-34(25)46(39,40)23-11-12-24-29(18-23)45-32(38)33-24/h5-7,10-12,14,16-18,25-26H,3-4,8-9,13,15,19H2,1-2H3,(H,33,38)(H,35,36)/t25-,26+/m0/s1. The van der Waals surface area contributed by atoms with E-state index in [2.05, 4.69) is 4.98 Å². The third-order valence-electron chi connectivity index (χ3n) is 7.72. The highest BCUT2D eigenvalue weighted by Crippen LogP contribution is 2.33. The number of aromatic nitrogens is 1. The van der Waals surface area contributed by atoms with E-state index in [0.29, 0.717) is 53.0 Å². The van der Waals surface area contributed by atoms with Crippen LogP contribution in [0.1, 0.15) is 42.9 Å². The summed E-state index contributed by atoms with van der Waals surface area (Å²) in [6.45, 7) is -0.405. The zero-order valence-corrected chi connectivity index (χ0v) is 26.9. The Morgan fingerprint density at radius 3 is 2.61 bits per heavy atom. The molecule has 0 amide bonds. The van der Waals surface area contributed by atoms with Crippen molar-refractivity contribution in [2.75, 3.05) is 27.4 Å². The van der Waals surface area contributed by atoms with E-state index < -0.39 is 40.7 Å². The number of carboxylic acid groups (broad SMARTS) is 1. The lowest BCUT2D eigenvalue weighted by molar-refractivity contribution is -0.155. The van der Waals surface area contributed by atoms with E-state index in [1.54, 1.807) is 43.5 Å². The van der Waals surface area contributed by atoms with E-state index in [0.717, 1.165) is 16.9 Å². The van der Waals surface area contributed by atoms with Crippen LogP contribution in [0.5, 0.6) is 17.2 Å². The van der Waals surface area contributed by atoms with Crippen LogP contribution in [0.4, 0.5) is 0 Å². The molecule has 46 heavy (non-hydrogen) atoms. The zero-order valence-electron chi connectivity index (χ0n) is 25.3. The summed E-state index contributed by atoms with van der Waals surface area (Å²) in [5.74, 6) is -0.418. The highest BCUT2D eigenvalue weighted by atomic mass is 32.2. The number of benzene rings is 3. The molecular weight excluding hydrogens is 636 g/mol. The molecule has 14 heteroatoms. The topological polar surface area (TPSA) is 162 Å². The molecule has 1 aliphatic rings. The molecule has 1 aromatic heterocycles. The first-order valence-electron chi connectivity index (χ1n) is 14.6.